The monoisotopic (exact) mass is 257 g/mol. The molecule has 0 aliphatic carbocycles. The van der Waals surface area contributed by atoms with Crippen LogP contribution in [0.1, 0.15) is 22.7 Å². The quantitative estimate of drug-likeness (QED) is 0.915. The van der Waals surface area contributed by atoms with Crippen LogP contribution in [0.5, 0.6) is 11.5 Å². The summed E-state index contributed by atoms with van der Waals surface area (Å²) in [5.74, 6) is 1.41. The van der Waals surface area contributed by atoms with E-state index in [0.29, 0.717) is 11.5 Å². The molecule has 0 aliphatic heterocycles. The number of aryl methyl sites for hydroxylation is 1. The lowest BCUT2D eigenvalue weighted by Gasteiger charge is -2.15. The Morgan fingerprint density at radius 2 is 1.42 bits per heavy atom. The highest BCUT2D eigenvalue weighted by atomic mass is 16.5. The molecule has 0 saturated heterocycles. The molecule has 0 heterocycles. The van der Waals surface area contributed by atoms with Crippen LogP contribution in [0.25, 0.3) is 0 Å². The average molecular weight is 257 g/mol. The summed E-state index contributed by atoms with van der Waals surface area (Å²) in [4.78, 5) is 0. The minimum absolute atomic E-state index is 0.166. The van der Waals surface area contributed by atoms with Crippen LogP contribution in [0.15, 0.2) is 42.5 Å². The van der Waals surface area contributed by atoms with Crippen molar-refractivity contribution in [1.29, 1.82) is 0 Å². The van der Waals surface area contributed by atoms with Gasteiger partial charge in [0.25, 0.3) is 0 Å². The molecular formula is C16H19NO2. The van der Waals surface area contributed by atoms with Gasteiger partial charge in [-0.1, -0.05) is 35.9 Å². The summed E-state index contributed by atoms with van der Waals surface area (Å²) in [6.07, 6.45) is 0. The fraction of sp³-hybridized carbons (Fsp3) is 0.250. The van der Waals surface area contributed by atoms with Crippen molar-refractivity contribution in [3.8, 4) is 11.5 Å². The van der Waals surface area contributed by atoms with Gasteiger partial charge in [0.1, 0.15) is 0 Å². The normalized spacial score (nSPS) is 12.0. The molecule has 2 aromatic rings. The minimum Gasteiger partial charge on any atom is -0.493 e. The second-order valence-electron chi connectivity index (χ2n) is 4.50. The average Bonchev–Trinajstić information content (AvgIpc) is 2.46. The third kappa shape index (κ3) is 2.88. The molecule has 3 heteroatoms. The molecule has 100 valence electrons. The summed E-state index contributed by atoms with van der Waals surface area (Å²) < 4.78 is 10.5. The zero-order chi connectivity index (χ0) is 13.8. The first-order chi connectivity index (χ1) is 9.15. The van der Waals surface area contributed by atoms with Crippen LogP contribution in [0.4, 0.5) is 0 Å². The van der Waals surface area contributed by atoms with E-state index in [0.717, 1.165) is 11.1 Å². The van der Waals surface area contributed by atoms with Crippen molar-refractivity contribution in [2.45, 2.75) is 13.0 Å². The molecule has 0 unspecified atom stereocenters. The number of benzene rings is 2. The van der Waals surface area contributed by atoms with E-state index < -0.39 is 0 Å². The zero-order valence-corrected chi connectivity index (χ0v) is 11.5. The van der Waals surface area contributed by atoms with Crippen LogP contribution < -0.4 is 15.2 Å². The van der Waals surface area contributed by atoms with E-state index >= 15 is 0 Å². The van der Waals surface area contributed by atoms with Crippen LogP contribution in [0, 0.1) is 6.92 Å². The Bertz CT molecular complexity index is 549. The Hall–Kier alpha value is -2.00. The third-order valence-electron chi connectivity index (χ3n) is 3.20. The number of hydrogen-bond donors (Lipinski definition) is 1. The molecule has 2 N–H and O–H groups in total. The maximum Gasteiger partial charge on any atom is 0.161 e. The standard InChI is InChI=1S/C16H19NO2/c1-11-4-6-12(7-5-11)16(17)13-8-9-14(18-2)15(10-13)19-3/h4-10,16H,17H2,1-3H3/t16-/m1/s1. The van der Waals surface area contributed by atoms with Crippen LogP contribution >= 0.6 is 0 Å². The molecule has 0 bridgehead atoms. The molecule has 0 fully saturated rings. The molecule has 3 nitrogen and oxygen atoms in total. The lowest BCUT2D eigenvalue weighted by atomic mass is 9.98. The summed E-state index contributed by atoms with van der Waals surface area (Å²) in [6.45, 7) is 2.06. The zero-order valence-electron chi connectivity index (χ0n) is 11.5. The molecule has 0 aromatic heterocycles. The third-order valence-corrected chi connectivity index (χ3v) is 3.20. The highest BCUT2D eigenvalue weighted by Gasteiger charge is 2.12. The van der Waals surface area contributed by atoms with E-state index in [4.69, 9.17) is 15.2 Å². The molecule has 2 aromatic carbocycles. The number of rotatable bonds is 4. The SMILES string of the molecule is COc1ccc([C@H](N)c2ccc(C)cc2)cc1OC. The van der Waals surface area contributed by atoms with Crippen LogP contribution in [0.3, 0.4) is 0 Å². The van der Waals surface area contributed by atoms with Gasteiger partial charge in [0.05, 0.1) is 20.3 Å². The first-order valence-corrected chi connectivity index (χ1v) is 6.19. The Balaban J connectivity index is 2.33. The molecule has 0 amide bonds. The second-order valence-corrected chi connectivity index (χ2v) is 4.50. The van der Waals surface area contributed by atoms with Gasteiger partial charge in [-0.15, -0.1) is 0 Å². The van der Waals surface area contributed by atoms with E-state index in [1.165, 1.54) is 5.56 Å². The highest BCUT2D eigenvalue weighted by molar-refractivity contribution is 5.45. The van der Waals surface area contributed by atoms with Crippen molar-refractivity contribution >= 4 is 0 Å². The van der Waals surface area contributed by atoms with Gasteiger partial charge in [0.15, 0.2) is 11.5 Å². The summed E-state index contributed by atoms with van der Waals surface area (Å²) >= 11 is 0. The van der Waals surface area contributed by atoms with Gasteiger partial charge in [-0.25, -0.2) is 0 Å². The first kappa shape index (κ1) is 13.4. The van der Waals surface area contributed by atoms with Crippen LogP contribution in [-0.2, 0) is 0 Å². The molecule has 0 spiro atoms. The molecule has 0 aliphatic rings. The lowest BCUT2D eigenvalue weighted by Crippen LogP contribution is -2.12. The van der Waals surface area contributed by atoms with Crippen molar-refractivity contribution < 1.29 is 9.47 Å². The summed E-state index contributed by atoms with van der Waals surface area (Å²) in [7, 11) is 3.25. The van der Waals surface area contributed by atoms with Gasteiger partial charge in [-0.2, -0.15) is 0 Å². The highest BCUT2D eigenvalue weighted by Crippen LogP contribution is 2.31. The molecule has 1 atom stereocenters. The van der Waals surface area contributed by atoms with Crippen LogP contribution in [0.2, 0.25) is 0 Å². The molecule has 19 heavy (non-hydrogen) atoms. The summed E-state index contributed by atoms with van der Waals surface area (Å²) in [5, 5.41) is 0. The molecule has 2 rings (SSSR count). The Labute approximate surface area is 114 Å². The smallest absolute Gasteiger partial charge is 0.161 e. The minimum atomic E-state index is -0.166. The number of hydrogen-bond acceptors (Lipinski definition) is 3. The van der Waals surface area contributed by atoms with Crippen LogP contribution in [-0.4, -0.2) is 14.2 Å². The predicted octanol–water partition coefficient (Wildman–Crippen LogP) is 3.06. The Kier molecular flexibility index (Phi) is 4.07. The van der Waals surface area contributed by atoms with E-state index in [9.17, 15) is 0 Å². The molecule has 0 saturated carbocycles. The Morgan fingerprint density at radius 3 is 2.00 bits per heavy atom. The van der Waals surface area contributed by atoms with Gasteiger partial charge in [0, 0.05) is 0 Å². The number of nitrogens with two attached hydrogens (primary N) is 1. The number of methoxy groups -OCH3 is 2. The van der Waals surface area contributed by atoms with Gasteiger partial charge in [0.2, 0.25) is 0 Å². The number of ether oxygens (including phenoxy) is 2. The maximum absolute atomic E-state index is 6.29. The van der Waals surface area contributed by atoms with E-state index in [2.05, 4.69) is 31.2 Å². The van der Waals surface area contributed by atoms with Gasteiger partial charge < -0.3 is 15.2 Å². The van der Waals surface area contributed by atoms with E-state index in [1.54, 1.807) is 14.2 Å². The Morgan fingerprint density at radius 1 is 0.842 bits per heavy atom. The topological polar surface area (TPSA) is 44.5 Å². The fourth-order valence-electron chi connectivity index (χ4n) is 2.01. The first-order valence-electron chi connectivity index (χ1n) is 6.19. The van der Waals surface area contributed by atoms with Crippen molar-refractivity contribution in [2.75, 3.05) is 14.2 Å². The van der Waals surface area contributed by atoms with E-state index in [-0.39, 0.29) is 6.04 Å². The fourth-order valence-corrected chi connectivity index (χ4v) is 2.01. The van der Waals surface area contributed by atoms with Gasteiger partial charge in [-0.3, -0.25) is 0 Å². The van der Waals surface area contributed by atoms with Gasteiger partial charge in [-0.05, 0) is 30.2 Å². The van der Waals surface area contributed by atoms with Crippen molar-refractivity contribution in [1.82, 2.24) is 0 Å². The largest absolute Gasteiger partial charge is 0.493 e. The van der Waals surface area contributed by atoms with Gasteiger partial charge >= 0.3 is 0 Å². The van der Waals surface area contributed by atoms with E-state index in [1.807, 2.05) is 18.2 Å². The second kappa shape index (κ2) is 5.76. The molecule has 0 radical (unpaired) electrons. The summed E-state index contributed by atoms with van der Waals surface area (Å²) in [5.41, 5.74) is 9.59. The maximum atomic E-state index is 6.29. The lowest BCUT2D eigenvalue weighted by molar-refractivity contribution is 0.354. The van der Waals surface area contributed by atoms with Crippen molar-refractivity contribution in [2.24, 2.45) is 5.73 Å². The summed E-state index contributed by atoms with van der Waals surface area (Å²) in [6, 6.07) is 13.8. The van der Waals surface area contributed by atoms with Crippen molar-refractivity contribution in [3.63, 3.8) is 0 Å². The predicted molar refractivity (Wildman–Crippen MR) is 76.8 cm³/mol. The van der Waals surface area contributed by atoms with Crippen molar-refractivity contribution in [3.05, 3.63) is 59.2 Å². The molecular weight excluding hydrogens is 238 g/mol.